The molecule has 1 heterocycles. The van der Waals surface area contributed by atoms with E-state index in [0.29, 0.717) is 42.6 Å². The summed E-state index contributed by atoms with van der Waals surface area (Å²) in [7, 11) is 8.75. The maximum absolute atomic E-state index is 13.7. The number of amides is 1. The van der Waals surface area contributed by atoms with Gasteiger partial charge in [-0.25, -0.2) is 0 Å². The van der Waals surface area contributed by atoms with Crippen LogP contribution >= 0.6 is 0 Å². The van der Waals surface area contributed by atoms with Crippen molar-refractivity contribution in [1.29, 1.82) is 0 Å². The number of methoxy groups -OCH3 is 3. The molecule has 0 atom stereocenters. The van der Waals surface area contributed by atoms with Crippen molar-refractivity contribution in [1.82, 2.24) is 4.90 Å². The number of anilines is 2. The fraction of sp³-hybridized carbons (Fsp3) is 0.414. The third-order valence-electron chi connectivity index (χ3n) is 6.74. The molecule has 0 saturated carbocycles. The molecule has 8 heteroatoms. The number of carbonyl (C=O) groups is 1. The number of ether oxygens (including phenoxy) is 4. The lowest BCUT2D eigenvalue weighted by atomic mass is 9.88. The number of nitrogens with one attached hydrogen (secondary N) is 1. The monoisotopic (exact) mass is 507 g/mol. The van der Waals surface area contributed by atoms with Crippen LogP contribution < -0.4 is 24.4 Å². The summed E-state index contributed by atoms with van der Waals surface area (Å²) in [5.41, 5.74) is 5.86. The highest BCUT2D eigenvalue weighted by Crippen LogP contribution is 2.41. The lowest BCUT2D eigenvalue weighted by molar-refractivity contribution is -0.113. The molecule has 2 aromatic carbocycles. The first-order valence-electron chi connectivity index (χ1n) is 12.6. The smallest absolute Gasteiger partial charge is 0.253 e. The normalized spacial score (nSPS) is 17.0. The standard InChI is InChI=1S/C29H37N3O5/c1-31(2)23-11-9-20(10-12-23)17-21-7-6-8-24(27(21)32-13-15-37-16-14-32)29(33)30-22-18-25(34-3)28(36-5)26(19-22)35-4/h9-12,17-19H,6-8,13-16H2,1-5H3,(H,30,33)/b21-17+. The van der Waals surface area contributed by atoms with Crippen molar-refractivity contribution < 1.29 is 23.7 Å². The maximum atomic E-state index is 13.7. The molecule has 0 bridgehead atoms. The number of rotatable bonds is 8. The van der Waals surface area contributed by atoms with Gasteiger partial charge in [-0.1, -0.05) is 12.1 Å². The molecule has 0 unspecified atom stereocenters. The molecule has 1 aliphatic carbocycles. The number of morpholine rings is 1. The molecule has 0 aromatic heterocycles. The summed E-state index contributed by atoms with van der Waals surface area (Å²) in [6.07, 6.45) is 4.76. The van der Waals surface area contributed by atoms with Crippen LogP contribution in [0.5, 0.6) is 17.2 Å². The second kappa shape index (κ2) is 12.1. The summed E-state index contributed by atoms with van der Waals surface area (Å²) in [6.45, 7) is 2.81. The molecule has 2 aliphatic rings. The minimum absolute atomic E-state index is 0.121. The number of nitrogens with zero attached hydrogens (tertiary/aromatic N) is 2. The quantitative estimate of drug-likeness (QED) is 0.561. The summed E-state index contributed by atoms with van der Waals surface area (Å²) < 4.78 is 22.0. The third-order valence-corrected chi connectivity index (χ3v) is 6.74. The Morgan fingerprint density at radius 2 is 1.62 bits per heavy atom. The Labute approximate surface area is 219 Å². The van der Waals surface area contributed by atoms with E-state index in [4.69, 9.17) is 18.9 Å². The minimum Gasteiger partial charge on any atom is -0.493 e. The molecule has 2 aromatic rings. The molecule has 4 rings (SSSR count). The van der Waals surface area contributed by atoms with Gasteiger partial charge < -0.3 is 34.1 Å². The second-order valence-electron chi connectivity index (χ2n) is 9.30. The Hall–Kier alpha value is -3.65. The fourth-order valence-corrected chi connectivity index (χ4v) is 4.86. The van der Waals surface area contributed by atoms with E-state index in [1.165, 1.54) is 5.57 Å². The van der Waals surface area contributed by atoms with Crippen molar-refractivity contribution >= 4 is 23.4 Å². The van der Waals surface area contributed by atoms with Crippen LogP contribution in [-0.4, -0.2) is 72.5 Å². The highest BCUT2D eigenvalue weighted by atomic mass is 16.5. The number of hydrogen-bond acceptors (Lipinski definition) is 7. The SMILES string of the molecule is COc1cc(NC(=O)C2=C(N3CCOCC3)/C(=C/c3ccc(N(C)C)cc3)CCC2)cc(OC)c1OC. The number of allylic oxidation sites excluding steroid dienone is 1. The Kier molecular flexibility index (Phi) is 8.61. The fourth-order valence-electron chi connectivity index (χ4n) is 4.86. The Morgan fingerprint density at radius 3 is 2.19 bits per heavy atom. The van der Waals surface area contributed by atoms with E-state index in [0.717, 1.165) is 48.5 Å². The first kappa shape index (κ1) is 26.4. The summed E-state index contributed by atoms with van der Waals surface area (Å²) >= 11 is 0. The largest absolute Gasteiger partial charge is 0.493 e. The van der Waals surface area contributed by atoms with Crippen LogP contribution in [0.2, 0.25) is 0 Å². The van der Waals surface area contributed by atoms with Gasteiger partial charge in [0.1, 0.15) is 0 Å². The van der Waals surface area contributed by atoms with Gasteiger partial charge in [-0.15, -0.1) is 0 Å². The Balaban J connectivity index is 1.71. The highest BCUT2D eigenvalue weighted by Gasteiger charge is 2.28. The van der Waals surface area contributed by atoms with Gasteiger partial charge in [0.15, 0.2) is 11.5 Å². The van der Waals surface area contributed by atoms with Crippen LogP contribution in [0.1, 0.15) is 24.8 Å². The van der Waals surface area contributed by atoms with Gasteiger partial charge in [0.05, 0.1) is 34.5 Å². The van der Waals surface area contributed by atoms with Gasteiger partial charge in [-0.05, 0) is 48.6 Å². The maximum Gasteiger partial charge on any atom is 0.253 e. The average molecular weight is 508 g/mol. The average Bonchev–Trinajstić information content (AvgIpc) is 2.93. The van der Waals surface area contributed by atoms with Crippen molar-refractivity contribution in [3.8, 4) is 17.2 Å². The van der Waals surface area contributed by atoms with Crippen LogP contribution in [0.3, 0.4) is 0 Å². The summed E-state index contributed by atoms with van der Waals surface area (Å²) in [5.74, 6) is 1.35. The topological polar surface area (TPSA) is 72.5 Å². The molecule has 1 amide bonds. The highest BCUT2D eigenvalue weighted by molar-refractivity contribution is 6.05. The molecule has 1 fully saturated rings. The van der Waals surface area contributed by atoms with Crippen LogP contribution in [-0.2, 0) is 9.53 Å². The van der Waals surface area contributed by atoms with E-state index in [1.807, 2.05) is 14.1 Å². The van der Waals surface area contributed by atoms with E-state index in [-0.39, 0.29) is 5.91 Å². The van der Waals surface area contributed by atoms with Gasteiger partial charge in [0.2, 0.25) is 5.75 Å². The molecule has 37 heavy (non-hydrogen) atoms. The van der Waals surface area contributed by atoms with Crippen molar-refractivity contribution in [2.45, 2.75) is 19.3 Å². The van der Waals surface area contributed by atoms with E-state index in [1.54, 1.807) is 33.5 Å². The van der Waals surface area contributed by atoms with E-state index < -0.39 is 0 Å². The predicted octanol–water partition coefficient (Wildman–Crippen LogP) is 4.57. The van der Waals surface area contributed by atoms with Crippen LogP contribution in [0.25, 0.3) is 6.08 Å². The zero-order valence-electron chi connectivity index (χ0n) is 22.4. The molecule has 1 saturated heterocycles. The number of carbonyl (C=O) groups excluding carboxylic acids is 1. The van der Waals surface area contributed by atoms with Crippen LogP contribution in [0, 0.1) is 0 Å². The molecule has 1 aliphatic heterocycles. The Bertz CT molecular complexity index is 1140. The predicted molar refractivity (Wildman–Crippen MR) is 147 cm³/mol. The molecule has 0 spiro atoms. The van der Waals surface area contributed by atoms with Crippen molar-refractivity contribution in [2.75, 3.05) is 71.9 Å². The van der Waals surface area contributed by atoms with Crippen molar-refractivity contribution in [3.63, 3.8) is 0 Å². The van der Waals surface area contributed by atoms with Gasteiger partial charge in [-0.3, -0.25) is 4.79 Å². The minimum atomic E-state index is -0.121. The zero-order valence-corrected chi connectivity index (χ0v) is 22.4. The molecular weight excluding hydrogens is 470 g/mol. The van der Waals surface area contributed by atoms with Crippen LogP contribution in [0.4, 0.5) is 11.4 Å². The molecule has 0 radical (unpaired) electrons. The van der Waals surface area contributed by atoms with Crippen molar-refractivity contribution in [3.05, 3.63) is 58.8 Å². The van der Waals surface area contributed by atoms with E-state index in [2.05, 4.69) is 45.5 Å². The van der Waals surface area contributed by atoms with Crippen molar-refractivity contribution in [2.24, 2.45) is 0 Å². The van der Waals surface area contributed by atoms with Gasteiger partial charge in [0, 0.05) is 62.0 Å². The van der Waals surface area contributed by atoms with E-state index >= 15 is 0 Å². The van der Waals surface area contributed by atoms with Gasteiger partial charge in [-0.2, -0.15) is 0 Å². The lowest BCUT2D eigenvalue weighted by Gasteiger charge is -2.36. The summed E-state index contributed by atoms with van der Waals surface area (Å²) in [6, 6.07) is 12.0. The van der Waals surface area contributed by atoms with Crippen LogP contribution in [0.15, 0.2) is 53.2 Å². The summed E-state index contributed by atoms with van der Waals surface area (Å²) in [4.78, 5) is 18.1. The zero-order chi connectivity index (χ0) is 26.4. The number of hydrogen-bond donors (Lipinski definition) is 1. The van der Waals surface area contributed by atoms with Gasteiger partial charge >= 0.3 is 0 Å². The lowest BCUT2D eigenvalue weighted by Crippen LogP contribution is -2.38. The Morgan fingerprint density at radius 1 is 0.973 bits per heavy atom. The second-order valence-corrected chi connectivity index (χ2v) is 9.30. The summed E-state index contributed by atoms with van der Waals surface area (Å²) in [5, 5.41) is 3.08. The number of benzene rings is 2. The third kappa shape index (κ3) is 6.02. The first-order chi connectivity index (χ1) is 17.9. The molecule has 8 nitrogen and oxygen atoms in total. The molecular formula is C29H37N3O5. The first-order valence-corrected chi connectivity index (χ1v) is 12.6. The molecule has 1 N–H and O–H groups in total. The van der Waals surface area contributed by atoms with Gasteiger partial charge in [0.25, 0.3) is 5.91 Å². The molecule has 198 valence electrons. The van der Waals surface area contributed by atoms with E-state index in [9.17, 15) is 4.79 Å².